The fourth-order valence-electron chi connectivity index (χ4n) is 6.09. The van der Waals surface area contributed by atoms with Gasteiger partial charge in [0.25, 0.3) is 5.91 Å². The summed E-state index contributed by atoms with van der Waals surface area (Å²) in [6, 6.07) is 3.03. The van der Waals surface area contributed by atoms with Crippen LogP contribution in [0.15, 0.2) is 16.7 Å². The normalized spacial score (nSPS) is 30.4. The molecule has 2 aromatic rings. The number of carbonyl (C=O) groups excluding carboxylic acids is 1. The van der Waals surface area contributed by atoms with Gasteiger partial charge in [0.1, 0.15) is 0 Å². The van der Waals surface area contributed by atoms with Crippen LogP contribution in [-0.4, -0.2) is 33.8 Å². The van der Waals surface area contributed by atoms with Gasteiger partial charge in [0.15, 0.2) is 11.5 Å². The van der Waals surface area contributed by atoms with E-state index in [-0.39, 0.29) is 22.9 Å². The van der Waals surface area contributed by atoms with Crippen LogP contribution in [0.3, 0.4) is 0 Å². The van der Waals surface area contributed by atoms with Gasteiger partial charge in [-0.25, -0.2) is 0 Å². The number of phenolic OH excluding ortho intramolecular Hbond substituents is 1. The van der Waals surface area contributed by atoms with Gasteiger partial charge in [0.05, 0.1) is 12.7 Å². The van der Waals surface area contributed by atoms with Crippen LogP contribution >= 0.6 is 0 Å². The summed E-state index contributed by atoms with van der Waals surface area (Å²) in [5.41, 5.74) is 0.717. The van der Waals surface area contributed by atoms with E-state index in [0.29, 0.717) is 22.8 Å². The molecule has 7 heteroatoms. The zero-order valence-electron chi connectivity index (χ0n) is 16.2. The van der Waals surface area contributed by atoms with Crippen LogP contribution in [0.5, 0.6) is 11.5 Å². The smallest absolute Gasteiger partial charge is 0.252 e. The number of nitrogens with one attached hydrogen (secondary N) is 1. The molecular weight excluding hydrogens is 358 g/mol. The molecule has 4 saturated carbocycles. The number of rotatable bonds is 4. The van der Waals surface area contributed by atoms with E-state index in [9.17, 15) is 9.90 Å². The van der Waals surface area contributed by atoms with Crippen molar-refractivity contribution in [2.45, 2.75) is 51.0 Å². The van der Waals surface area contributed by atoms with Crippen molar-refractivity contribution in [3.63, 3.8) is 0 Å². The monoisotopic (exact) mass is 383 g/mol. The van der Waals surface area contributed by atoms with Crippen molar-refractivity contribution in [2.75, 3.05) is 7.11 Å². The quantitative estimate of drug-likeness (QED) is 0.839. The molecule has 1 aromatic heterocycles. The SMILES string of the molecule is COc1cc(-c2noc(C)n2)c(C(=O)NC23CC4CC(CC(C4)C2)C3)cc1O. The van der Waals surface area contributed by atoms with Crippen molar-refractivity contribution in [3.05, 3.63) is 23.6 Å². The Morgan fingerprint density at radius 3 is 2.39 bits per heavy atom. The lowest BCUT2D eigenvalue weighted by Crippen LogP contribution is -2.59. The fraction of sp³-hybridized carbons (Fsp3) is 0.571. The maximum atomic E-state index is 13.3. The Hall–Kier alpha value is -2.57. The number of carbonyl (C=O) groups is 1. The van der Waals surface area contributed by atoms with E-state index in [1.165, 1.54) is 32.4 Å². The predicted octanol–water partition coefficient (Wildman–Crippen LogP) is 3.46. The molecule has 0 unspecified atom stereocenters. The molecule has 148 valence electrons. The number of benzene rings is 1. The van der Waals surface area contributed by atoms with Crippen LogP contribution in [0.2, 0.25) is 0 Å². The van der Waals surface area contributed by atoms with Crippen LogP contribution in [0.4, 0.5) is 0 Å². The highest BCUT2D eigenvalue weighted by Crippen LogP contribution is 2.55. The standard InChI is InChI=1S/C21H25N3O4/c1-11-22-19(24-28-11)15-7-18(27-2)17(25)6-16(15)20(26)23-21-8-12-3-13(9-21)5-14(4-12)10-21/h6-7,12-14,25H,3-5,8-10H2,1-2H3,(H,23,26). The summed E-state index contributed by atoms with van der Waals surface area (Å²) in [6.07, 6.45) is 7.11. The molecule has 0 saturated heterocycles. The molecule has 4 fully saturated rings. The highest BCUT2D eigenvalue weighted by Gasteiger charge is 2.51. The number of amides is 1. The van der Waals surface area contributed by atoms with Gasteiger partial charge in [-0.15, -0.1) is 0 Å². The Morgan fingerprint density at radius 1 is 1.21 bits per heavy atom. The van der Waals surface area contributed by atoms with E-state index in [1.807, 2.05) is 0 Å². The van der Waals surface area contributed by atoms with E-state index in [4.69, 9.17) is 9.26 Å². The van der Waals surface area contributed by atoms with Crippen LogP contribution in [-0.2, 0) is 0 Å². The third-order valence-electron chi connectivity index (χ3n) is 6.75. The number of hydrogen-bond donors (Lipinski definition) is 2. The van der Waals surface area contributed by atoms with Gasteiger partial charge in [0.2, 0.25) is 11.7 Å². The van der Waals surface area contributed by atoms with Crippen LogP contribution in [0, 0.1) is 24.7 Å². The molecule has 4 aliphatic rings. The molecule has 0 spiro atoms. The second kappa shape index (κ2) is 6.22. The Morgan fingerprint density at radius 2 is 1.86 bits per heavy atom. The predicted molar refractivity (Wildman–Crippen MR) is 101 cm³/mol. The van der Waals surface area contributed by atoms with Gasteiger partial charge in [0, 0.05) is 18.0 Å². The van der Waals surface area contributed by atoms with Crippen molar-refractivity contribution < 1.29 is 19.2 Å². The first-order valence-electron chi connectivity index (χ1n) is 9.99. The zero-order valence-corrected chi connectivity index (χ0v) is 16.2. The van der Waals surface area contributed by atoms with Gasteiger partial charge < -0.3 is 19.7 Å². The Kier molecular flexibility index (Phi) is 3.89. The lowest BCUT2D eigenvalue weighted by Gasteiger charge is -2.56. The summed E-state index contributed by atoms with van der Waals surface area (Å²) >= 11 is 0. The number of aromatic hydroxyl groups is 1. The Balaban J connectivity index is 1.50. The van der Waals surface area contributed by atoms with Crippen LogP contribution in [0.25, 0.3) is 11.4 Å². The van der Waals surface area contributed by atoms with Crippen LogP contribution < -0.4 is 10.1 Å². The number of hydrogen-bond acceptors (Lipinski definition) is 6. The second-order valence-electron chi connectivity index (χ2n) is 8.86. The number of aromatic nitrogens is 2. The van der Waals surface area contributed by atoms with Gasteiger partial charge >= 0.3 is 0 Å². The van der Waals surface area contributed by atoms with E-state index < -0.39 is 0 Å². The maximum absolute atomic E-state index is 13.3. The summed E-state index contributed by atoms with van der Waals surface area (Å²) in [5.74, 6) is 2.91. The van der Waals surface area contributed by atoms with Crippen molar-refractivity contribution in [3.8, 4) is 22.9 Å². The summed E-state index contributed by atoms with van der Waals surface area (Å²) < 4.78 is 10.3. The van der Waals surface area contributed by atoms with Gasteiger partial charge in [-0.3, -0.25) is 4.79 Å². The minimum absolute atomic E-state index is 0.0814. The topological polar surface area (TPSA) is 97.5 Å². The molecular formula is C21H25N3O4. The van der Waals surface area contributed by atoms with Gasteiger partial charge in [-0.05, 0) is 68.4 Å². The summed E-state index contributed by atoms with van der Waals surface area (Å²) in [6.45, 7) is 1.70. The average Bonchev–Trinajstić information content (AvgIpc) is 3.06. The molecule has 28 heavy (non-hydrogen) atoms. The number of ether oxygens (including phenoxy) is 1. The molecule has 1 amide bonds. The van der Waals surface area contributed by atoms with Crippen LogP contribution in [0.1, 0.15) is 54.8 Å². The molecule has 0 radical (unpaired) electrons. The highest BCUT2D eigenvalue weighted by molar-refractivity contribution is 6.01. The molecule has 4 bridgehead atoms. The molecule has 0 aliphatic heterocycles. The molecule has 0 atom stereocenters. The molecule has 6 rings (SSSR count). The molecule has 1 aromatic carbocycles. The Labute approximate surface area is 163 Å². The largest absolute Gasteiger partial charge is 0.504 e. The summed E-state index contributed by atoms with van der Waals surface area (Å²) in [4.78, 5) is 17.6. The van der Waals surface area contributed by atoms with Gasteiger partial charge in [-0.1, -0.05) is 5.16 Å². The van der Waals surface area contributed by atoms with Crippen molar-refractivity contribution in [1.29, 1.82) is 0 Å². The first-order valence-corrected chi connectivity index (χ1v) is 9.99. The first kappa shape index (κ1) is 17.5. The lowest BCUT2D eigenvalue weighted by atomic mass is 9.53. The van der Waals surface area contributed by atoms with Crippen molar-refractivity contribution >= 4 is 5.91 Å². The highest BCUT2D eigenvalue weighted by atomic mass is 16.5. The zero-order chi connectivity index (χ0) is 19.5. The van der Waals surface area contributed by atoms with Crippen molar-refractivity contribution in [1.82, 2.24) is 15.5 Å². The molecule has 2 N–H and O–H groups in total. The third kappa shape index (κ3) is 2.84. The van der Waals surface area contributed by atoms with Gasteiger partial charge in [-0.2, -0.15) is 4.98 Å². The number of methoxy groups -OCH3 is 1. The summed E-state index contributed by atoms with van der Waals surface area (Å²) in [5, 5.41) is 17.6. The fourth-order valence-corrected chi connectivity index (χ4v) is 6.09. The lowest BCUT2D eigenvalue weighted by molar-refractivity contribution is -0.0166. The van der Waals surface area contributed by atoms with E-state index in [1.54, 1.807) is 13.0 Å². The Bertz CT molecular complexity index is 900. The molecule has 4 aliphatic carbocycles. The van der Waals surface area contributed by atoms with E-state index in [2.05, 4.69) is 15.5 Å². The van der Waals surface area contributed by atoms with E-state index >= 15 is 0 Å². The number of aryl methyl sites for hydroxylation is 1. The minimum atomic E-state index is -0.197. The maximum Gasteiger partial charge on any atom is 0.252 e. The summed E-state index contributed by atoms with van der Waals surface area (Å²) in [7, 11) is 1.47. The second-order valence-corrected chi connectivity index (χ2v) is 8.86. The number of nitrogens with zero attached hydrogens (tertiary/aromatic N) is 2. The van der Waals surface area contributed by atoms with Crippen molar-refractivity contribution in [2.24, 2.45) is 17.8 Å². The van der Waals surface area contributed by atoms with E-state index in [0.717, 1.165) is 37.0 Å². The third-order valence-corrected chi connectivity index (χ3v) is 6.75. The first-order chi connectivity index (χ1) is 13.4. The number of phenols is 1. The minimum Gasteiger partial charge on any atom is -0.504 e. The molecule has 7 nitrogen and oxygen atoms in total. The molecule has 1 heterocycles. The average molecular weight is 383 g/mol.